The Morgan fingerprint density at radius 3 is 1.00 bits per heavy atom. The van der Waals surface area contributed by atoms with Crippen LogP contribution >= 0.6 is 0 Å². The maximum atomic E-state index is 8.50. The molecule has 0 N–H and O–H groups in total. The Bertz CT molecular complexity index is 539. The molecule has 0 unspecified atom stereocenters. The molecule has 0 bridgehead atoms. The first-order chi connectivity index (χ1) is 3.41. The van der Waals surface area contributed by atoms with Crippen molar-refractivity contribution in [2.75, 3.05) is 0 Å². The van der Waals surface area contributed by atoms with E-state index in [0.29, 0.717) is 0 Å². The number of hydrogen-bond acceptors (Lipinski definition) is 2. The van der Waals surface area contributed by atoms with Crippen molar-refractivity contribution < 1.29 is 42.2 Å². The topological polar surface area (TPSA) is 34.1 Å². The predicted molar refractivity (Wildman–Crippen MR) is 24.4 cm³/mol. The molecule has 0 atom stereocenters. The zero-order valence-corrected chi connectivity index (χ0v) is 8.15. The van der Waals surface area contributed by atoms with Crippen molar-refractivity contribution in [3.8, 4) is 0 Å². The van der Waals surface area contributed by atoms with E-state index in [2.05, 4.69) is 0 Å². The third-order valence-electron chi connectivity index (χ3n) is 0. The number of hydrogen-bond donors (Lipinski definition) is 0. The average Bonchev–Trinajstić information content (AvgIpc) is 1.27. The molecule has 0 aliphatic carbocycles. The monoisotopic (exact) mass is 214 g/mol. The minimum atomic E-state index is -3.18. The summed E-state index contributed by atoms with van der Waals surface area (Å²) >= 11 is -5.18. The normalized spacial score (nSPS) is 11.0. The third-order valence-corrected chi connectivity index (χ3v) is 0. The summed E-state index contributed by atoms with van der Waals surface area (Å²) in [4.78, 5) is 0. The first kappa shape index (κ1) is 12.2. The van der Waals surface area contributed by atoms with Gasteiger partial charge in [0.15, 0.2) is 0 Å². The van der Waals surface area contributed by atoms with Crippen LogP contribution in [0.25, 0.3) is 0 Å². The predicted octanol–water partition coefficient (Wildman–Crippen LogP) is -1.77. The molecule has 0 aromatic heterocycles. The molecule has 0 aromatic carbocycles. The molecule has 0 saturated heterocycles. The molecule has 0 spiro atoms. The molecule has 0 aliphatic heterocycles. The van der Waals surface area contributed by atoms with Crippen molar-refractivity contribution in [3.63, 3.8) is 0 Å². The van der Waals surface area contributed by atoms with Gasteiger partial charge in [-0.2, -0.15) is 0 Å². The van der Waals surface area contributed by atoms with Crippen LogP contribution in [0.4, 0.5) is 0 Å². The fourth-order valence-corrected chi connectivity index (χ4v) is 0. The van der Waals surface area contributed by atoms with Crippen LogP contribution in [0.15, 0.2) is 0 Å². The van der Waals surface area contributed by atoms with Gasteiger partial charge in [-0.25, -0.2) is 0 Å². The van der Waals surface area contributed by atoms with Gasteiger partial charge in [-0.05, 0) is 0 Å². The SMILES string of the molecule is [B]#[Zr](#[B])(#[B])#[B].[O]=[Ti]=[O]. The summed E-state index contributed by atoms with van der Waals surface area (Å²) in [7, 11) is 0. The standard InChI is InChI=1S/4B.2O.Ti.Zr. The second kappa shape index (κ2) is 6.58. The van der Waals surface area contributed by atoms with Crippen LogP contribution < -0.4 is 0 Å². The molecular formula is B4O2TiZr. The second-order valence-electron chi connectivity index (χ2n) is 1.08. The summed E-state index contributed by atoms with van der Waals surface area (Å²) in [6.45, 7) is 0. The molecule has 2 nitrogen and oxygen atoms in total. The molecule has 0 rings (SSSR count). The van der Waals surface area contributed by atoms with Gasteiger partial charge in [-0.1, -0.05) is 0 Å². The molecule has 8 heteroatoms. The molecule has 32 valence electrons. The van der Waals surface area contributed by atoms with Gasteiger partial charge in [0.25, 0.3) is 0 Å². The molecule has 8 heavy (non-hydrogen) atoms. The Hall–Kier alpha value is 1.46. The van der Waals surface area contributed by atoms with Gasteiger partial charge in [0.05, 0.1) is 0 Å². The van der Waals surface area contributed by atoms with Gasteiger partial charge < -0.3 is 0 Å². The van der Waals surface area contributed by atoms with Crippen molar-refractivity contribution >= 4 is 18.9 Å². The van der Waals surface area contributed by atoms with Gasteiger partial charge in [-0.3, -0.25) is 0 Å². The van der Waals surface area contributed by atoms with E-state index in [-0.39, 0.29) is 0 Å². The van der Waals surface area contributed by atoms with Gasteiger partial charge in [0.2, 0.25) is 0 Å². The zero-order chi connectivity index (χ0) is 7.21. The van der Waals surface area contributed by atoms with E-state index < -0.39 is 35.5 Å². The fraction of sp³-hybridized carbons (Fsp3) is 0. The van der Waals surface area contributed by atoms with E-state index in [4.69, 9.17) is 25.6 Å². The van der Waals surface area contributed by atoms with Gasteiger partial charge in [0.1, 0.15) is 0 Å². The Morgan fingerprint density at radius 1 is 1.00 bits per heavy atom. The Labute approximate surface area is 60.4 Å². The van der Waals surface area contributed by atoms with E-state index in [1.165, 1.54) is 0 Å². The minimum absolute atomic E-state index is 2.00. The summed E-state index contributed by atoms with van der Waals surface area (Å²) in [6, 6.07) is 0. The Morgan fingerprint density at radius 2 is 1.00 bits per heavy atom. The van der Waals surface area contributed by atoms with Crippen molar-refractivity contribution in [3.05, 3.63) is 0 Å². The van der Waals surface area contributed by atoms with E-state index in [1.54, 1.807) is 0 Å². The average molecular weight is 214 g/mol. The van der Waals surface area contributed by atoms with Crippen molar-refractivity contribution in [1.29, 1.82) is 0 Å². The summed E-state index contributed by atoms with van der Waals surface area (Å²) in [5.74, 6) is 0. The molecule has 0 fully saturated rings. The molecule has 0 aromatic rings. The quantitative estimate of drug-likeness (QED) is 0.448. The van der Waals surface area contributed by atoms with E-state index in [0.717, 1.165) is 0 Å². The van der Waals surface area contributed by atoms with Gasteiger partial charge in [0, 0.05) is 0 Å². The fourth-order valence-electron chi connectivity index (χ4n) is 0. The van der Waals surface area contributed by atoms with Crippen LogP contribution in [0.1, 0.15) is 0 Å². The number of rotatable bonds is 0. The van der Waals surface area contributed by atoms with Crippen LogP contribution in [-0.2, 0) is 42.2 Å². The zero-order valence-electron chi connectivity index (χ0n) is 4.13. The summed E-state index contributed by atoms with van der Waals surface area (Å²) in [6.07, 6.45) is 0. The summed E-state index contributed by atoms with van der Waals surface area (Å²) < 4.78 is 36.6. The van der Waals surface area contributed by atoms with Crippen molar-refractivity contribution in [2.24, 2.45) is 0 Å². The molecule has 0 radical (unpaired) electrons. The summed E-state index contributed by atoms with van der Waals surface area (Å²) in [5.41, 5.74) is 0. The third kappa shape index (κ3) is 146. The molecule has 0 aliphatic rings. The van der Waals surface area contributed by atoms with Crippen LogP contribution in [0.3, 0.4) is 0 Å². The maximum absolute atomic E-state index is 8.50. The van der Waals surface area contributed by atoms with Gasteiger partial charge >= 0.3 is 61.1 Å². The second-order valence-corrected chi connectivity index (χ2v) is 6.26. The molecule has 0 saturated carbocycles. The van der Waals surface area contributed by atoms with Crippen LogP contribution in [0, 0.1) is 0 Å². The van der Waals surface area contributed by atoms with Crippen LogP contribution in [-0.4, -0.2) is 18.9 Å². The van der Waals surface area contributed by atoms with Gasteiger partial charge in [-0.15, -0.1) is 0 Å². The van der Waals surface area contributed by atoms with Crippen LogP contribution in [0.5, 0.6) is 0 Å². The summed E-state index contributed by atoms with van der Waals surface area (Å²) in [5, 5.41) is 0. The Kier molecular flexibility index (Phi) is 10.00. The van der Waals surface area contributed by atoms with E-state index >= 15 is 0 Å². The van der Waals surface area contributed by atoms with E-state index in [1.807, 2.05) is 0 Å². The van der Waals surface area contributed by atoms with Crippen molar-refractivity contribution in [1.82, 2.24) is 0 Å². The molecule has 0 amide bonds. The first-order valence-electron chi connectivity index (χ1n) is 1.56. The van der Waals surface area contributed by atoms with E-state index in [9.17, 15) is 0 Å². The van der Waals surface area contributed by atoms with Crippen LogP contribution in [0.2, 0.25) is 0 Å². The molecular weight excluding hydrogens is 214 g/mol. The molecule has 0 heterocycles. The Balaban J connectivity index is 0. The first-order valence-corrected chi connectivity index (χ1v) is 8.51. The van der Waals surface area contributed by atoms with Crippen molar-refractivity contribution in [2.45, 2.75) is 0 Å².